The maximum Gasteiger partial charge on any atom is 0.251 e. The Hall–Kier alpha value is -1.39. The number of hydrogen-bond donors (Lipinski definition) is 3. The van der Waals surface area contributed by atoms with Crippen molar-refractivity contribution in [1.82, 2.24) is 5.32 Å². The molecule has 1 amide bonds. The van der Waals surface area contributed by atoms with Gasteiger partial charge < -0.3 is 16.2 Å². The molecule has 0 heterocycles. The summed E-state index contributed by atoms with van der Waals surface area (Å²) in [6.07, 6.45) is 0.761. The fourth-order valence-corrected chi connectivity index (χ4v) is 1.39. The Morgan fingerprint density at radius 3 is 2.94 bits per heavy atom. The van der Waals surface area contributed by atoms with Gasteiger partial charge in [-0.15, -0.1) is 0 Å². The van der Waals surface area contributed by atoms with Gasteiger partial charge in [0.05, 0.1) is 6.61 Å². The molecule has 4 N–H and O–H groups in total. The molecule has 16 heavy (non-hydrogen) atoms. The minimum absolute atomic E-state index is 0.0613. The van der Waals surface area contributed by atoms with E-state index >= 15 is 0 Å². The molecule has 1 aromatic carbocycles. The Kier molecular flexibility index (Phi) is 4.95. The summed E-state index contributed by atoms with van der Waals surface area (Å²) in [5.74, 6) is -0.166. The first kappa shape index (κ1) is 12.7. The Morgan fingerprint density at radius 2 is 2.31 bits per heavy atom. The molecular weight excluding hydrogens is 204 g/mol. The lowest BCUT2D eigenvalue weighted by Gasteiger charge is -2.11. The molecule has 0 bridgehead atoms. The highest BCUT2D eigenvalue weighted by molar-refractivity contribution is 5.94. The Bertz CT molecular complexity index is 353. The van der Waals surface area contributed by atoms with E-state index in [1.165, 1.54) is 0 Å². The zero-order valence-electron chi connectivity index (χ0n) is 9.44. The fourth-order valence-electron chi connectivity index (χ4n) is 1.39. The summed E-state index contributed by atoms with van der Waals surface area (Å²) in [6, 6.07) is 7.12. The molecule has 0 radical (unpaired) electrons. The van der Waals surface area contributed by atoms with Crippen LogP contribution in [0.1, 0.15) is 22.8 Å². The molecule has 0 saturated carbocycles. The highest BCUT2D eigenvalue weighted by atomic mass is 16.3. The number of nitrogens with two attached hydrogens (primary N) is 1. The first-order valence-corrected chi connectivity index (χ1v) is 5.38. The minimum Gasteiger partial charge on any atom is -0.394 e. The van der Waals surface area contributed by atoms with Crippen LogP contribution in [-0.2, 0) is 6.42 Å². The predicted octanol–water partition coefficient (Wildman–Crippen LogP) is 0.298. The average Bonchev–Trinajstić information content (AvgIpc) is 2.29. The largest absolute Gasteiger partial charge is 0.394 e. The molecule has 0 saturated heterocycles. The highest BCUT2D eigenvalue weighted by Gasteiger charge is 2.08. The van der Waals surface area contributed by atoms with Crippen molar-refractivity contribution in [2.75, 3.05) is 13.2 Å². The van der Waals surface area contributed by atoms with Gasteiger partial charge in [-0.2, -0.15) is 0 Å². The quantitative estimate of drug-likeness (QED) is 0.670. The number of benzene rings is 1. The molecule has 4 heteroatoms. The fraction of sp³-hybridized carbons (Fsp3) is 0.417. The molecule has 4 nitrogen and oxygen atoms in total. The standard InChI is InChI=1S/C12H18N2O2/c1-9(8-15)14-12(16)11-4-2-3-10(7-11)5-6-13/h2-4,7,9,15H,5-6,8,13H2,1H3,(H,14,16)/t9-/m1/s1. The number of aliphatic hydroxyl groups is 1. The summed E-state index contributed by atoms with van der Waals surface area (Å²) >= 11 is 0. The van der Waals surface area contributed by atoms with Crippen LogP contribution in [0.15, 0.2) is 24.3 Å². The Morgan fingerprint density at radius 1 is 1.56 bits per heavy atom. The van der Waals surface area contributed by atoms with E-state index in [0.717, 1.165) is 12.0 Å². The second-order valence-electron chi connectivity index (χ2n) is 3.80. The summed E-state index contributed by atoms with van der Waals surface area (Å²) in [6.45, 7) is 2.26. The Balaban J connectivity index is 2.71. The monoisotopic (exact) mass is 222 g/mol. The summed E-state index contributed by atoms with van der Waals surface area (Å²) in [5, 5.41) is 11.5. The van der Waals surface area contributed by atoms with Crippen molar-refractivity contribution in [3.8, 4) is 0 Å². The summed E-state index contributed by atoms with van der Waals surface area (Å²) in [7, 11) is 0. The van der Waals surface area contributed by atoms with Crippen molar-refractivity contribution in [2.45, 2.75) is 19.4 Å². The normalized spacial score (nSPS) is 12.2. The van der Waals surface area contributed by atoms with E-state index in [4.69, 9.17) is 10.8 Å². The van der Waals surface area contributed by atoms with E-state index in [2.05, 4.69) is 5.32 Å². The maximum atomic E-state index is 11.7. The molecule has 0 unspecified atom stereocenters. The predicted molar refractivity (Wildman–Crippen MR) is 63.2 cm³/mol. The summed E-state index contributed by atoms with van der Waals surface area (Å²) in [5.41, 5.74) is 7.11. The molecule has 1 rings (SSSR count). The van der Waals surface area contributed by atoms with E-state index in [1.54, 1.807) is 13.0 Å². The van der Waals surface area contributed by atoms with Crippen LogP contribution in [0.2, 0.25) is 0 Å². The Labute approximate surface area is 95.5 Å². The number of hydrogen-bond acceptors (Lipinski definition) is 3. The molecule has 1 aromatic rings. The molecule has 0 aliphatic carbocycles. The van der Waals surface area contributed by atoms with Gasteiger partial charge in [0.1, 0.15) is 0 Å². The SMILES string of the molecule is C[C@H](CO)NC(=O)c1cccc(CCN)c1. The topological polar surface area (TPSA) is 75.3 Å². The van der Waals surface area contributed by atoms with Crippen LogP contribution in [0.25, 0.3) is 0 Å². The van der Waals surface area contributed by atoms with Gasteiger partial charge in [-0.25, -0.2) is 0 Å². The summed E-state index contributed by atoms with van der Waals surface area (Å²) < 4.78 is 0. The minimum atomic E-state index is -0.231. The van der Waals surface area contributed by atoms with Gasteiger partial charge in [-0.1, -0.05) is 12.1 Å². The lowest BCUT2D eigenvalue weighted by molar-refractivity contribution is 0.0922. The molecule has 1 atom stereocenters. The zero-order chi connectivity index (χ0) is 12.0. The molecule has 0 fully saturated rings. The van der Waals surface area contributed by atoms with Crippen molar-refractivity contribution >= 4 is 5.91 Å². The number of carbonyl (C=O) groups excluding carboxylic acids is 1. The lowest BCUT2D eigenvalue weighted by Crippen LogP contribution is -2.35. The van der Waals surface area contributed by atoms with Gasteiger partial charge in [-0.3, -0.25) is 4.79 Å². The van der Waals surface area contributed by atoms with Gasteiger partial charge in [-0.05, 0) is 37.6 Å². The third-order valence-corrected chi connectivity index (χ3v) is 2.27. The first-order valence-electron chi connectivity index (χ1n) is 5.38. The third kappa shape index (κ3) is 3.64. The van der Waals surface area contributed by atoms with E-state index in [-0.39, 0.29) is 18.6 Å². The number of rotatable bonds is 5. The molecule has 88 valence electrons. The van der Waals surface area contributed by atoms with Crippen LogP contribution < -0.4 is 11.1 Å². The smallest absolute Gasteiger partial charge is 0.251 e. The third-order valence-electron chi connectivity index (χ3n) is 2.27. The van der Waals surface area contributed by atoms with Crippen LogP contribution >= 0.6 is 0 Å². The summed E-state index contributed by atoms with van der Waals surface area (Å²) in [4.78, 5) is 11.7. The number of aliphatic hydroxyl groups excluding tert-OH is 1. The van der Waals surface area contributed by atoms with Crippen molar-refractivity contribution in [2.24, 2.45) is 5.73 Å². The van der Waals surface area contributed by atoms with Crippen molar-refractivity contribution in [3.63, 3.8) is 0 Å². The maximum absolute atomic E-state index is 11.7. The highest BCUT2D eigenvalue weighted by Crippen LogP contribution is 2.06. The lowest BCUT2D eigenvalue weighted by atomic mass is 10.1. The second-order valence-corrected chi connectivity index (χ2v) is 3.80. The van der Waals surface area contributed by atoms with Crippen LogP contribution in [0.3, 0.4) is 0 Å². The van der Waals surface area contributed by atoms with Crippen molar-refractivity contribution < 1.29 is 9.90 Å². The van der Waals surface area contributed by atoms with Crippen LogP contribution in [-0.4, -0.2) is 30.2 Å². The molecular formula is C12H18N2O2. The van der Waals surface area contributed by atoms with Gasteiger partial charge in [0, 0.05) is 11.6 Å². The first-order chi connectivity index (χ1) is 7.67. The molecule has 0 aromatic heterocycles. The molecule has 0 aliphatic heterocycles. The van der Waals surface area contributed by atoms with Crippen LogP contribution in [0.4, 0.5) is 0 Å². The number of amides is 1. The molecule has 0 spiro atoms. The second kappa shape index (κ2) is 6.25. The van der Waals surface area contributed by atoms with E-state index in [0.29, 0.717) is 12.1 Å². The van der Waals surface area contributed by atoms with Crippen LogP contribution in [0.5, 0.6) is 0 Å². The van der Waals surface area contributed by atoms with Gasteiger partial charge in [0.25, 0.3) is 5.91 Å². The van der Waals surface area contributed by atoms with Crippen LogP contribution in [0, 0.1) is 0 Å². The van der Waals surface area contributed by atoms with E-state index in [9.17, 15) is 4.79 Å². The van der Waals surface area contributed by atoms with Crippen molar-refractivity contribution in [1.29, 1.82) is 0 Å². The van der Waals surface area contributed by atoms with Gasteiger partial charge in [0.2, 0.25) is 0 Å². The van der Waals surface area contributed by atoms with Crippen molar-refractivity contribution in [3.05, 3.63) is 35.4 Å². The van der Waals surface area contributed by atoms with Gasteiger partial charge in [0.15, 0.2) is 0 Å². The average molecular weight is 222 g/mol. The zero-order valence-corrected chi connectivity index (χ0v) is 9.44. The van der Waals surface area contributed by atoms with E-state index < -0.39 is 0 Å². The molecule has 0 aliphatic rings. The van der Waals surface area contributed by atoms with Gasteiger partial charge >= 0.3 is 0 Å². The van der Waals surface area contributed by atoms with E-state index in [1.807, 2.05) is 18.2 Å². The number of nitrogens with one attached hydrogen (secondary N) is 1. The number of carbonyl (C=O) groups is 1.